The van der Waals surface area contributed by atoms with E-state index in [2.05, 4.69) is 240 Å². The molecule has 0 fully saturated rings. The highest BCUT2D eigenvalue weighted by molar-refractivity contribution is 7.22. The molecule has 332 valence electrons. The van der Waals surface area contributed by atoms with E-state index in [-0.39, 0.29) is 0 Å². The quantitative estimate of drug-likeness (QED) is 0.152. The smallest absolute Gasteiger partial charge is 0.238 e. The Morgan fingerprint density at radius 1 is 0.310 bits per heavy atom. The fraction of sp³-hybridized carbons (Fsp3) is 0. The zero-order valence-electron chi connectivity index (χ0n) is 38.2. The number of aromatic nitrogens is 6. The lowest BCUT2D eigenvalue weighted by Crippen LogP contribution is -2.07. The van der Waals surface area contributed by atoms with Gasteiger partial charge in [0.2, 0.25) is 5.95 Å². The predicted molar refractivity (Wildman–Crippen MR) is 294 cm³/mol. The molecule has 0 bridgehead atoms. The van der Waals surface area contributed by atoms with Crippen LogP contribution in [-0.4, -0.2) is 29.1 Å². The second kappa shape index (κ2) is 16.7. The molecule has 4 aromatic heterocycles. The summed E-state index contributed by atoms with van der Waals surface area (Å²) in [6, 6.07) is 85.8. The second-order valence-electron chi connectivity index (χ2n) is 17.8. The lowest BCUT2D eigenvalue weighted by molar-refractivity contribution is 0.954. The highest BCUT2D eigenvalue weighted by atomic mass is 32.1. The Bertz CT molecular complexity index is 4310. The highest BCUT2D eigenvalue weighted by Gasteiger charge is 2.24. The Hall–Kier alpha value is -9.30. The Morgan fingerprint density at radius 2 is 0.789 bits per heavy atom. The van der Waals surface area contributed by atoms with E-state index < -0.39 is 0 Å². The molecule has 0 atom stereocenters. The first-order valence-corrected chi connectivity index (χ1v) is 24.6. The van der Waals surface area contributed by atoms with E-state index in [1.54, 1.807) is 11.3 Å². The first-order valence-electron chi connectivity index (χ1n) is 23.8. The van der Waals surface area contributed by atoms with Gasteiger partial charge in [-0.3, -0.25) is 4.57 Å². The third-order valence-corrected chi connectivity index (χ3v) is 14.8. The van der Waals surface area contributed by atoms with Gasteiger partial charge in [-0.05, 0) is 75.8 Å². The number of benzene rings is 10. The van der Waals surface area contributed by atoms with Crippen molar-refractivity contribution in [2.24, 2.45) is 0 Å². The molecule has 10 aromatic carbocycles. The van der Waals surface area contributed by atoms with Crippen LogP contribution in [0.2, 0.25) is 0 Å². The Labute approximate surface area is 413 Å². The van der Waals surface area contributed by atoms with Crippen LogP contribution in [0.3, 0.4) is 0 Å². The molecule has 0 aliphatic carbocycles. The highest BCUT2D eigenvalue weighted by Crippen LogP contribution is 2.43. The number of thiazole rings is 1. The normalized spacial score (nSPS) is 11.7. The molecule has 4 heterocycles. The lowest BCUT2D eigenvalue weighted by Gasteiger charge is -2.14. The van der Waals surface area contributed by atoms with E-state index >= 15 is 0 Å². The number of rotatable bonds is 8. The number of hydrogen-bond acceptors (Lipinski definition) is 5. The van der Waals surface area contributed by atoms with Crippen LogP contribution in [0.1, 0.15) is 0 Å². The number of nitrogens with zero attached hydrogens (tertiary/aromatic N) is 6. The van der Waals surface area contributed by atoms with Crippen LogP contribution in [0.25, 0.3) is 132 Å². The number of fused-ring (bicyclic) bond motifs is 8. The molecular formula is C64H40N6S. The topological polar surface area (TPSA) is 61.4 Å². The third-order valence-electron chi connectivity index (χ3n) is 13.6. The van der Waals surface area contributed by atoms with Crippen LogP contribution in [-0.2, 0) is 0 Å². The molecule has 0 N–H and O–H groups in total. The molecule has 14 rings (SSSR count). The van der Waals surface area contributed by atoms with E-state index in [4.69, 9.17) is 19.9 Å². The molecule has 0 saturated heterocycles. The summed E-state index contributed by atoms with van der Waals surface area (Å²) in [5.74, 6) is 1.70. The Morgan fingerprint density at radius 3 is 1.45 bits per heavy atom. The van der Waals surface area contributed by atoms with Gasteiger partial charge >= 0.3 is 0 Å². The molecule has 0 aliphatic heterocycles. The lowest BCUT2D eigenvalue weighted by atomic mass is 9.99. The zero-order valence-corrected chi connectivity index (χ0v) is 39.0. The number of para-hydroxylation sites is 2. The van der Waals surface area contributed by atoms with Gasteiger partial charge in [-0.25, -0.2) is 9.97 Å². The average Bonchev–Trinajstić information content (AvgIpc) is 4.15. The number of hydrogen-bond donors (Lipinski definition) is 0. The van der Waals surface area contributed by atoms with Crippen molar-refractivity contribution < 1.29 is 0 Å². The SMILES string of the molecule is c1ccc(-c2ccc(-c3nc(-c4cccc5nc(-c6ccccc6)sc45)nc(-n4c5ccccc5c5ccc6c7ccccc7n(-c7ccc(-c8cccc(-c9ccccc9)c8)cc7)c6c54)n3)cc2)cc1. The van der Waals surface area contributed by atoms with E-state index in [0.29, 0.717) is 17.6 Å². The molecule has 0 radical (unpaired) electrons. The van der Waals surface area contributed by atoms with Crippen LogP contribution in [0.15, 0.2) is 243 Å². The van der Waals surface area contributed by atoms with Gasteiger partial charge in [0, 0.05) is 43.9 Å². The molecule has 14 aromatic rings. The van der Waals surface area contributed by atoms with E-state index in [1.165, 1.54) is 22.1 Å². The van der Waals surface area contributed by atoms with Gasteiger partial charge in [0.15, 0.2) is 11.6 Å². The summed E-state index contributed by atoms with van der Waals surface area (Å²) in [4.78, 5) is 21.4. The van der Waals surface area contributed by atoms with Crippen molar-refractivity contribution in [2.45, 2.75) is 0 Å². The van der Waals surface area contributed by atoms with Gasteiger partial charge < -0.3 is 4.57 Å². The van der Waals surface area contributed by atoms with Gasteiger partial charge in [-0.1, -0.05) is 200 Å². The molecular weight excluding hydrogens is 885 g/mol. The van der Waals surface area contributed by atoms with E-state index in [9.17, 15) is 0 Å². The minimum Gasteiger partial charge on any atom is -0.307 e. The van der Waals surface area contributed by atoms with Gasteiger partial charge in [0.25, 0.3) is 0 Å². The molecule has 0 unspecified atom stereocenters. The van der Waals surface area contributed by atoms with Crippen LogP contribution in [0.4, 0.5) is 0 Å². The molecule has 71 heavy (non-hydrogen) atoms. The first kappa shape index (κ1) is 40.7. The van der Waals surface area contributed by atoms with Crippen molar-refractivity contribution in [2.75, 3.05) is 0 Å². The van der Waals surface area contributed by atoms with Crippen molar-refractivity contribution in [3.05, 3.63) is 243 Å². The second-order valence-corrected chi connectivity index (χ2v) is 18.8. The fourth-order valence-corrected chi connectivity index (χ4v) is 11.4. The summed E-state index contributed by atoms with van der Waals surface area (Å²) >= 11 is 1.66. The Balaban J connectivity index is 1.01. The molecule has 0 amide bonds. The van der Waals surface area contributed by atoms with Crippen molar-refractivity contribution >= 4 is 65.2 Å². The summed E-state index contributed by atoms with van der Waals surface area (Å²) in [5, 5.41) is 5.49. The molecule has 0 spiro atoms. The Kier molecular flexibility index (Phi) is 9.60. The maximum absolute atomic E-state index is 5.52. The monoisotopic (exact) mass is 924 g/mol. The third kappa shape index (κ3) is 6.93. The van der Waals surface area contributed by atoms with E-state index in [0.717, 1.165) is 92.5 Å². The van der Waals surface area contributed by atoms with E-state index in [1.807, 2.05) is 12.1 Å². The van der Waals surface area contributed by atoms with Gasteiger partial charge in [-0.2, -0.15) is 9.97 Å². The standard InChI is InChI=1S/C64H40N6S/c1-4-16-41(17-5-1)43-30-32-45(33-31-43)61-66-62(54-26-15-27-55-60(54)71-63(65-55)46-20-8-3-9-21-46)68-64(67-61)70-57-29-13-11-25-51(57)53-39-38-52-50-24-10-12-28-56(50)69(58(52)59(53)70)49-36-34-44(35-37-49)48-23-14-22-47(40-48)42-18-6-2-7-19-42/h1-40H. The largest absolute Gasteiger partial charge is 0.307 e. The first-order chi connectivity index (χ1) is 35.2. The fourth-order valence-electron chi connectivity index (χ4n) is 10.3. The van der Waals surface area contributed by atoms with Crippen LogP contribution in [0.5, 0.6) is 0 Å². The maximum Gasteiger partial charge on any atom is 0.238 e. The minimum absolute atomic E-state index is 0.533. The summed E-state index contributed by atoms with van der Waals surface area (Å²) in [6.45, 7) is 0. The van der Waals surface area contributed by atoms with Gasteiger partial charge in [0.1, 0.15) is 5.01 Å². The zero-order chi connectivity index (χ0) is 46.8. The predicted octanol–water partition coefficient (Wildman–Crippen LogP) is 16.7. The summed E-state index contributed by atoms with van der Waals surface area (Å²) in [7, 11) is 0. The van der Waals surface area contributed by atoms with Crippen molar-refractivity contribution in [3.63, 3.8) is 0 Å². The summed E-state index contributed by atoms with van der Waals surface area (Å²) < 4.78 is 5.70. The van der Waals surface area contributed by atoms with Gasteiger partial charge in [0.05, 0.1) is 32.3 Å². The molecule has 0 saturated carbocycles. The van der Waals surface area contributed by atoms with Crippen molar-refractivity contribution in [3.8, 4) is 78.4 Å². The maximum atomic E-state index is 5.52. The van der Waals surface area contributed by atoms with Gasteiger partial charge in [-0.15, -0.1) is 11.3 Å². The van der Waals surface area contributed by atoms with Crippen LogP contribution < -0.4 is 0 Å². The van der Waals surface area contributed by atoms with Crippen molar-refractivity contribution in [1.29, 1.82) is 0 Å². The summed E-state index contributed by atoms with van der Waals surface area (Å²) in [5.41, 5.74) is 16.0. The van der Waals surface area contributed by atoms with Crippen LogP contribution in [0, 0.1) is 0 Å². The van der Waals surface area contributed by atoms with Crippen molar-refractivity contribution in [1.82, 2.24) is 29.1 Å². The summed E-state index contributed by atoms with van der Waals surface area (Å²) in [6.07, 6.45) is 0. The molecule has 6 nitrogen and oxygen atoms in total. The van der Waals surface area contributed by atoms with Crippen LogP contribution >= 0.6 is 11.3 Å². The molecule has 0 aliphatic rings. The molecule has 7 heteroatoms. The average molecular weight is 925 g/mol. The minimum atomic E-state index is 0.533.